The molecule has 28 heavy (non-hydrogen) atoms. The molecule has 2 bridgehead atoms. The van der Waals surface area contributed by atoms with Gasteiger partial charge >= 0.3 is 0 Å². The lowest BCUT2D eigenvalue weighted by Gasteiger charge is -2.58. The predicted octanol–water partition coefficient (Wildman–Crippen LogP) is 4.88. The van der Waals surface area contributed by atoms with E-state index in [1.807, 2.05) is 0 Å². The average molecular weight is 380 g/mol. The number of aromatic hydroxyl groups is 1. The molecule has 2 aromatic rings. The standard InChI is InChI=1S/C24H29NO3/c1-25-12-11-24-10-4-3-5-19(24)21(25)13-16-6-7-17(14-20(16)24)28-18-8-9-22(26)23(15-18)27-2/h6-9,14-15,19,21,26H,3-5,10-13H2,1-2H3/t19-,21-,24-/m0/s1. The lowest BCUT2D eigenvalue weighted by atomic mass is 9.52. The quantitative estimate of drug-likeness (QED) is 0.825. The maximum atomic E-state index is 9.82. The Morgan fingerprint density at radius 2 is 1.89 bits per heavy atom. The van der Waals surface area contributed by atoms with Crippen molar-refractivity contribution in [3.63, 3.8) is 0 Å². The van der Waals surface area contributed by atoms with Gasteiger partial charge in [-0.1, -0.05) is 18.9 Å². The third-order valence-corrected chi connectivity index (χ3v) is 7.47. The summed E-state index contributed by atoms with van der Waals surface area (Å²) in [5.41, 5.74) is 3.37. The normalized spacial score (nSPS) is 28.9. The van der Waals surface area contributed by atoms with Crippen molar-refractivity contribution < 1.29 is 14.6 Å². The first-order valence-corrected chi connectivity index (χ1v) is 10.5. The van der Waals surface area contributed by atoms with Gasteiger partial charge in [0.05, 0.1) is 7.11 Å². The van der Waals surface area contributed by atoms with Crippen molar-refractivity contribution in [2.75, 3.05) is 20.7 Å². The number of nitrogens with zero attached hydrogens (tertiary/aromatic N) is 1. The van der Waals surface area contributed by atoms with E-state index >= 15 is 0 Å². The average Bonchev–Trinajstić information content (AvgIpc) is 2.72. The molecular weight excluding hydrogens is 350 g/mol. The van der Waals surface area contributed by atoms with Crippen molar-refractivity contribution in [2.24, 2.45) is 5.92 Å². The number of likely N-dealkylation sites (tertiary alicyclic amines) is 1. The lowest BCUT2D eigenvalue weighted by Crippen LogP contribution is -2.59. The van der Waals surface area contributed by atoms with Crippen LogP contribution in [0.1, 0.15) is 43.2 Å². The van der Waals surface area contributed by atoms with E-state index in [1.54, 1.807) is 25.3 Å². The van der Waals surface area contributed by atoms with Crippen LogP contribution in [0.2, 0.25) is 0 Å². The molecule has 1 N–H and O–H groups in total. The number of methoxy groups -OCH3 is 1. The smallest absolute Gasteiger partial charge is 0.164 e. The van der Waals surface area contributed by atoms with E-state index in [-0.39, 0.29) is 5.75 Å². The molecule has 5 rings (SSSR count). The highest BCUT2D eigenvalue weighted by Gasteiger charge is 2.53. The first kappa shape index (κ1) is 17.9. The number of phenols is 1. The highest BCUT2D eigenvalue weighted by Crippen LogP contribution is 2.56. The zero-order chi connectivity index (χ0) is 19.3. The lowest BCUT2D eigenvalue weighted by molar-refractivity contribution is 0.00276. The van der Waals surface area contributed by atoms with Crippen LogP contribution >= 0.6 is 0 Å². The van der Waals surface area contributed by atoms with Gasteiger partial charge in [-0.15, -0.1) is 0 Å². The molecule has 1 saturated heterocycles. The third-order valence-electron chi connectivity index (χ3n) is 7.47. The fourth-order valence-corrected chi connectivity index (χ4v) is 6.10. The summed E-state index contributed by atoms with van der Waals surface area (Å²) in [5, 5.41) is 9.82. The van der Waals surface area contributed by atoms with Crippen molar-refractivity contribution in [2.45, 2.75) is 50.0 Å². The minimum absolute atomic E-state index is 0.126. The van der Waals surface area contributed by atoms with E-state index in [4.69, 9.17) is 9.47 Å². The van der Waals surface area contributed by atoms with Crippen LogP contribution in [0.15, 0.2) is 36.4 Å². The fraction of sp³-hybridized carbons (Fsp3) is 0.500. The van der Waals surface area contributed by atoms with E-state index in [1.165, 1.54) is 49.8 Å². The fourth-order valence-electron chi connectivity index (χ4n) is 6.10. The van der Waals surface area contributed by atoms with Crippen LogP contribution < -0.4 is 9.47 Å². The molecule has 2 aromatic carbocycles. The molecule has 4 heteroatoms. The van der Waals surface area contributed by atoms with Gasteiger partial charge < -0.3 is 19.5 Å². The molecule has 0 spiro atoms. The number of phenolic OH excluding ortho intramolecular Hbond substituents is 1. The first-order valence-electron chi connectivity index (χ1n) is 10.5. The number of benzene rings is 2. The largest absolute Gasteiger partial charge is 0.504 e. The second-order valence-corrected chi connectivity index (χ2v) is 8.77. The summed E-state index contributed by atoms with van der Waals surface area (Å²) in [5.74, 6) is 2.89. The van der Waals surface area contributed by atoms with Gasteiger partial charge in [0.2, 0.25) is 0 Å². The molecule has 0 amide bonds. The van der Waals surface area contributed by atoms with E-state index < -0.39 is 0 Å². The minimum Gasteiger partial charge on any atom is -0.504 e. The van der Waals surface area contributed by atoms with Gasteiger partial charge in [-0.3, -0.25) is 0 Å². The molecule has 1 saturated carbocycles. The molecule has 4 nitrogen and oxygen atoms in total. The van der Waals surface area contributed by atoms with Crippen LogP contribution in [0, 0.1) is 5.92 Å². The van der Waals surface area contributed by atoms with Crippen molar-refractivity contribution in [3.05, 3.63) is 47.5 Å². The maximum Gasteiger partial charge on any atom is 0.164 e. The second-order valence-electron chi connectivity index (χ2n) is 8.77. The number of hydrogen-bond donors (Lipinski definition) is 1. The molecule has 0 radical (unpaired) electrons. The van der Waals surface area contributed by atoms with Gasteiger partial charge in [-0.2, -0.15) is 0 Å². The van der Waals surface area contributed by atoms with Crippen LogP contribution in [0.25, 0.3) is 0 Å². The summed E-state index contributed by atoms with van der Waals surface area (Å²) in [6.45, 7) is 1.20. The van der Waals surface area contributed by atoms with Gasteiger partial charge in [0, 0.05) is 17.5 Å². The highest BCUT2D eigenvalue weighted by molar-refractivity contribution is 5.49. The van der Waals surface area contributed by atoms with Gasteiger partial charge in [0.1, 0.15) is 11.5 Å². The summed E-state index contributed by atoms with van der Waals surface area (Å²) in [6.07, 6.45) is 7.79. The monoisotopic (exact) mass is 379 g/mol. The zero-order valence-corrected chi connectivity index (χ0v) is 16.8. The molecule has 1 heterocycles. The van der Waals surface area contributed by atoms with Gasteiger partial charge in [-0.25, -0.2) is 0 Å². The molecule has 0 unspecified atom stereocenters. The number of piperidine rings is 1. The zero-order valence-electron chi connectivity index (χ0n) is 16.8. The van der Waals surface area contributed by atoms with E-state index in [9.17, 15) is 5.11 Å². The molecule has 3 atom stereocenters. The predicted molar refractivity (Wildman–Crippen MR) is 110 cm³/mol. The van der Waals surface area contributed by atoms with Crippen LogP contribution in [0.5, 0.6) is 23.0 Å². The highest BCUT2D eigenvalue weighted by atomic mass is 16.5. The molecule has 1 aliphatic heterocycles. The van der Waals surface area contributed by atoms with Crippen LogP contribution in [0.3, 0.4) is 0 Å². The number of rotatable bonds is 3. The van der Waals surface area contributed by atoms with Crippen LogP contribution in [-0.4, -0.2) is 36.8 Å². The summed E-state index contributed by atoms with van der Waals surface area (Å²) in [6, 6.07) is 12.5. The molecule has 148 valence electrons. The Morgan fingerprint density at radius 1 is 1.07 bits per heavy atom. The Labute approximate surface area is 167 Å². The van der Waals surface area contributed by atoms with Crippen molar-refractivity contribution in [3.8, 4) is 23.0 Å². The van der Waals surface area contributed by atoms with Gasteiger partial charge in [0.25, 0.3) is 0 Å². The Kier molecular flexibility index (Phi) is 4.27. The maximum absolute atomic E-state index is 9.82. The molecule has 2 fully saturated rings. The minimum atomic E-state index is 0.126. The Hall–Kier alpha value is -2.20. The van der Waals surface area contributed by atoms with Crippen LogP contribution in [0.4, 0.5) is 0 Å². The van der Waals surface area contributed by atoms with E-state index in [0.29, 0.717) is 23.0 Å². The molecule has 2 aliphatic carbocycles. The number of fused-ring (bicyclic) bond motifs is 1. The van der Waals surface area contributed by atoms with Crippen molar-refractivity contribution in [1.82, 2.24) is 4.90 Å². The second kappa shape index (κ2) is 6.70. The topological polar surface area (TPSA) is 41.9 Å². The number of hydrogen-bond acceptors (Lipinski definition) is 4. The number of likely N-dealkylation sites (N-methyl/N-ethyl adjacent to an activating group) is 1. The first-order chi connectivity index (χ1) is 13.6. The third kappa shape index (κ3) is 2.69. The Morgan fingerprint density at radius 3 is 2.75 bits per heavy atom. The Bertz CT molecular complexity index is 895. The van der Waals surface area contributed by atoms with E-state index in [2.05, 4.69) is 30.1 Å². The van der Waals surface area contributed by atoms with Crippen molar-refractivity contribution >= 4 is 0 Å². The van der Waals surface area contributed by atoms with Gasteiger partial charge in [0.15, 0.2) is 11.5 Å². The summed E-state index contributed by atoms with van der Waals surface area (Å²) < 4.78 is 11.4. The summed E-state index contributed by atoms with van der Waals surface area (Å²) in [4.78, 5) is 2.60. The summed E-state index contributed by atoms with van der Waals surface area (Å²) >= 11 is 0. The molecular formula is C24H29NO3. The SMILES string of the molecule is COc1cc(Oc2ccc3c(c2)[C@]24CCCC[C@H]2[C@H](C3)N(C)CC4)ccc1O. The van der Waals surface area contributed by atoms with Crippen LogP contribution in [-0.2, 0) is 11.8 Å². The van der Waals surface area contributed by atoms with Crippen molar-refractivity contribution in [1.29, 1.82) is 0 Å². The Balaban J connectivity index is 1.52. The van der Waals surface area contributed by atoms with E-state index in [0.717, 1.165) is 18.1 Å². The number of ether oxygens (including phenoxy) is 2. The molecule has 0 aromatic heterocycles. The molecule has 3 aliphatic rings. The van der Waals surface area contributed by atoms with Gasteiger partial charge in [-0.05, 0) is 80.6 Å². The summed E-state index contributed by atoms with van der Waals surface area (Å²) in [7, 11) is 3.86.